The molecule has 0 spiro atoms. The summed E-state index contributed by atoms with van der Waals surface area (Å²) >= 11 is 0. The zero-order valence-electron chi connectivity index (χ0n) is 12.4. The normalized spacial score (nSPS) is 17.9. The highest BCUT2D eigenvalue weighted by atomic mass is 16.4. The van der Waals surface area contributed by atoms with Crippen LogP contribution < -0.4 is 10.6 Å². The van der Waals surface area contributed by atoms with Crippen LogP contribution in [0.2, 0.25) is 0 Å². The SMILES string of the molecule is CC1CCN(c2nnc([C@H](N)Cc3ccccc3)o2)CC1. The van der Waals surface area contributed by atoms with Crippen molar-refractivity contribution in [3.8, 4) is 0 Å². The summed E-state index contributed by atoms with van der Waals surface area (Å²) in [4.78, 5) is 2.16. The fourth-order valence-corrected chi connectivity index (χ4v) is 2.66. The molecule has 1 saturated heterocycles. The lowest BCUT2D eigenvalue weighted by molar-refractivity contribution is 0.396. The number of nitrogens with zero attached hydrogens (tertiary/aromatic N) is 3. The highest BCUT2D eigenvalue weighted by Crippen LogP contribution is 2.23. The second kappa shape index (κ2) is 6.26. The second-order valence-corrected chi connectivity index (χ2v) is 5.89. The lowest BCUT2D eigenvalue weighted by Gasteiger charge is -2.28. The fourth-order valence-electron chi connectivity index (χ4n) is 2.66. The van der Waals surface area contributed by atoms with Gasteiger partial charge in [-0.1, -0.05) is 42.4 Å². The second-order valence-electron chi connectivity index (χ2n) is 5.89. The first-order valence-electron chi connectivity index (χ1n) is 7.60. The Morgan fingerprint density at radius 3 is 2.67 bits per heavy atom. The van der Waals surface area contributed by atoms with E-state index in [4.69, 9.17) is 10.2 Å². The Hall–Kier alpha value is -1.88. The molecule has 1 aliphatic rings. The number of hydrogen-bond donors (Lipinski definition) is 1. The fraction of sp³-hybridized carbons (Fsp3) is 0.500. The first-order valence-corrected chi connectivity index (χ1v) is 7.60. The van der Waals surface area contributed by atoms with Crippen molar-refractivity contribution < 1.29 is 4.42 Å². The van der Waals surface area contributed by atoms with E-state index in [1.165, 1.54) is 18.4 Å². The number of rotatable bonds is 4. The Kier molecular flexibility index (Phi) is 4.20. The van der Waals surface area contributed by atoms with Crippen molar-refractivity contribution >= 4 is 6.01 Å². The van der Waals surface area contributed by atoms with Gasteiger partial charge >= 0.3 is 6.01 Å². The van der Waals surface area contributed by atoms with Crippen molar-refractivity contribution in [3.05, 3.63) is 41.8 Å². The Morgan fingerprint density at radius 2 is 1.95 bits per heavy atom. The molecule has 1 aromatic carbocycles. The molecule has 2 N–H and O–H groups in total. The number of anilines is 1. The third-order valence-electron chi connectivity index (χ3n) is 4.10. The van der Waals surface area contributed by atoms with Gasteiger partial charge in [0.05, 0.1) is 6.04 Å². The number of hydrogen-bond acceptors (Lipinski definition) is 5. The minimum absolute atomic E-state index is 0.252. The summed E-state index contributed by atoms with van der Waals surface area (Å²) in [6.07, 6.45) is 3.06. The van der Waals surface area contributed by atoms with Gasteiger partial charge < -0.3 is 15.1 Å². The van der Waals surface area contributed by atoms with Crippen LogP contribution in [0.15, 0.2) is 34.7 Å². The predicted octanol–water partition coefficient (Wildman–Crippen LogP) is 2.55. The van der Waals surface area contributed by atoms with Crippen molar-refractivity contribution in [3.63, 3.8) is 0 Å². The van der Waals surface area contributed by atoms with Gasteiger partial charge in [0.2, 0.25) is 5.89 Å². The van der Waals surface area contributed by atoms with Crippen LogP contribution in [0.3, 0.4) is 0 Å². The molecule has 5 heteroatoms. The summed E-state index contributed by atoms with van der Waals surface area (Å²) in [5.41, 5.74) is 7.35. The zero-order valence-corrected chi connectivity index (χ0v) is 12.4. The van der Waals surface area contributed by atoms with E-state index < -0.39 is 0 Å². The van der Waals surface area contributed by atoms with E-state index in [1.807, 2.05) is 18.2 Å². The lowest BCUT2D eigenvalue weighted by Crippen LogP contribution is -2.32. The quantitative estimate of drug-likeness (QED) is 0.935. The average molecular weight is 286 g/mol. The molecule has 0 amide bonds. The van der Waals surface area contributed by atoms with Crippen molar-refractivity contribution in [1.82, 2.24) is 10.2 Å². The predicted molar refractivity (Wildman–Crippen MR) is 82.0 cm³/mol. The van der Waals surface area contributed by atoms with E-state index in [0.29, 0.717) is 18.3 Å². The van der Waals surface area contributed by atoms with E-state index in [2.05, 4.69) is 34.2 Å². The highest BCUT2D eigenvalue weighted by molar-refractivity contribution is 5.25. The summed E-state index contributed by atoms with van der Waals surface area (Å²) in [5, 5.41) is 8.28. The zero-order chi connectivity index (χ0) is 14.7. The molecule has 2 aromatic rings. The van der Waals surface area contributed by atoms with Gasteiger partial charge in [-0.25, -0.2) is 0 Å². The Balaban J connectivity index is 1.64. The van der Waals surface area contributed by atoms with Crippen LogP contribution in [0, 0.1) is 5.92 Å². The van der Waals surface area contributed by atoms with Crippen LogP contribution in [0.4, 0.5) is 6.01 Å². The van der Waals surface area contributed by atoms with Gasteiger partial charge in [-0.3, -0.25) is 0 Å². The third-order valence-corrected chi connectivity index (χ3v) is 4.10. The van der Waals surface area contributed by atoms with E-state index >= 15 is 0 Å². The smallest absolute Gasteiger partial charge is 0.318 e. The standard InChI is InChI=1S/C16H22N4O/c1-12-7-9-20(10-8-12)16-19-18-15(21-16)14(17)11-13-5-3-2-4-6-13/h2-6,12,14H,7-11,17H2,1H3/t14-/m1/s1. The minimum Gasteiger partial charge on any atom is -0.406 e. The molecule has 0 saturated carbocycles. The number of piperidine rings is 1. The molecule has 0 unspecified atom stereocenters. The first kappa shape index (κ1) is 14.1. The van der Waals surface area contributed by atoms with Crippen LogP contribution >= 0.6 is 0 Å². The van der Waals surface area contributed by atoms with Crippen molar-refractivity contribution in [1.29, 1.82) is 0 Å². The Bertz CT molecular complexity index is 561. The lowest BCUT2D eigenvalue weighted by atomic mass is 10.00. The van der Waals surface area contributed by atoms with Crippen LogP contribution in [-0.2, 0) is 6.42 Å². The molecule has 5 nitrogen and oxygen atoms in total. The summed E-state index contributed by atoms with van der Waals surface area (Å²) < 4.78 is 5.77. The third kappa shape index (κ3) is 3.42. The van der Waals surface area contributed by atoms with Gasteiger partial charge in [-0.05, 0) is 30.7 Å². The van der Waals surface area contributed by atoms with Gasteiger partial charge in [0.1, 0.15) is 0 Å². The average Bonchev–Trinajstić information content (AvgIpc) is 2.99. The maximum Gasteiger partial charge on any atom is 0.318 e. The van der Waals surface area contributed by atoms with E-state index in [-0.39, 0.29) is 6.04 Å². The monoisotopic (exact) mass is 286 g/mol. The molecule has 2 heterocycles. The minimum atomic E-state index is -0.252. The van der Waals surface area contributed by atoms with Gasteiger partial charge in [0, 0.05) is 13.1 Å². The summed E-state index contributed by atoms with van der Waals surface area (Å²) in [5.74, 6) is 1.30. The molecule has 1 aliphatic heterocycles. The molecule has 0 radical (unpaired) electrons. The summed E-state index contributed by atoms with van der Waals surface area (Å²) in [7, 11) is 0. The van der Waals surface area contributed by atoms with Gasteiger partial charge in [0.25, 0.3) is 0 Å². The van der Waals surface area contributed by atoms with Gasteiger partial charge in [0.15, 0.2) is 0 Å². The molecule has 1 aromatic heterocycles. The first-order chi connectivity index (χ1) is 10.2. The largest absolute Gasteiger partial charge is 0.406 e. The van der Waals surface area contributed by atoms with E-state index in [9.17, 15) is 0 Å². The molecule has 3 rings (SSSR count). The van der Waals surface area contributed by atoms with Gasteiger partial charge in [-0.15, -0.1) is 5.10 Å². The van der Waals surface area contributed by atoms with Crippen LogP contribution in [0.25, 0.3) is 0 Å². The van der Waals surface area contributed by atoms with Crippen molar-refractivity contribution in [2.45, 2.75) is 32.2 Å². The maximum absolute atomic E-state index is 6.18. The summed E-state index contributed by atoms with van der Waals surface area (Å²) in [6, 6.07) is 10.5. The molecule has 0 aliphatic carbocycles. The molecule has 1 atom stereocenters. The van der Waals surface area contributed by atoms with Crippen LogP contribution in [0.1, 0.15) is 37.3 Å². The number of aromatic nitrogens is 2. The number of benzene rings is 1. The van der Waals surface area contributed by atoms with E-state index in [0.717, 1.165) is 19.0 Å². The van der Waals surface area contributed by atoms with E-state index in [1.54, 1.807) is 0 Å². The van der Waals surface area contributed by atoms with Crippen molar-refractivity contribution in [2.75, 3.05) is 18.0 Å². The van der Waals surface area contributed by atoms with Crippen LogP contribution in [-0.4, -0.2) is 23.3 Å². The Labute approximate surface area is 125 Å². The molecule has 1 fully saturated rings. The molecule has 0 bridgehead atoms. The maximum atomic E-state index is 6.18. The molecular formula is C16H22N4O. The molecule has 112 valence electrons. The molecule has 21 heavy (non-hydrogen) atoms. The van der Waals surface area contributed by atoms with Crippen molar-refractivity contribution in [2.24, 2.45) is 11.7 Å². The number of nitrogens with two attached hydrogens (primary N) is 1. The topological polar surface area (TPSA) is 68.2 Å². The Morgan fingerprint density at radius 1 is 1.24 bits per heavy atom. The van der Waals surface area contributed by atoms with Crippen LogP contribution in [0.5, 0.6) is 0 Å². The summed E-state index contributed by atoms with van der Waals surface area (Å²) in [6.45, 7) is 4.25. The molecular weight excluding hydrogens is 264 g/mol. The van der Waals surface area contributed by atoms with Gasteiger partial charge in [-0.2, -0.15) is 0 Å². The highest BCUT2D eigenvalue weighted by Gasteiger charge is 2.22.